The molecule has 0 radical (unpaired) electrons. The van der Waals surface area contributed by atoms with E-state index in [1.807, 2.05) is 58.1 Å². The van der Waals surface area contributed by atoms with Gasteiger partial charge in [-0.2, -0.15) is 0 Å². The van der Waals surface area contributed by atoms with Crippen LogP contribution in [0.1, 0.15) is 104 Å². The summed E-state index contributed by atoms with van der Waals surface area (Å²) in [5, 5.41) is 14.7. The van der Waals surface area contributed by atoms with E-state index in [0.29, 0.717) is 53.6 Å². The van der Waals surface area contributed by atoms with Gasteiger partial charge in [-0.15, -0.1) is 16.8 Å². The monoisotopic (exact) mass is 1040 g/mol. The first-order chi connectivity index (χ1) is 34.1. The lowest BCUT2D eigenvalue weighted by atomic mass is 9.82. The standard InChI is InChI=1S/C51H67ClN4O15S/c1-28-9-8-10-30(3)51(65)26-37(68-49(64)53-51)31(4)45-50(6,70-45)39(25-42(59)54(7)36-23-34(21-28)22-29(2)44(36)52)69-47(62)32(5)67-18-17-66-19-20-72-38-24-43(60)55(46(38)61)27-33-11-13-35(14-12-33)48(63)71-56-40(57)15-16-41(56)58/h8-10,22-23,30-33,35,37-39,45,65H,11-21,24-27H2,1-7H3,(H,53,64)/b10-8+,28-9+/t30-,31-,32+,33?,35?,37?,38?,39+,45+,50+,51+/m1/s1. The van der Waals surface area contributed by atoms with Crippen LogP contribution in [-0.2, 0) is 68.5 Å². The van der Waals surface area contributed by atoms with Crippen LogP contribution >= 0.6 is 23.4 Å². The minimum atomic E-state index is -1.63. The number of amides is 6. The van der Waals surface area contributed by atoms with Crippen LogP contribution in [0.4, 0.5) is 10.5 Å². The molecule has 6 aliphatic rings. The summed E-state index contributed by atoms with van der Waals surface area (Å²) in [4.78, 5) is 111. The van der Waals surface area contributed by atoms with Crippen LogP contribution in [0.15, 0.2) is 35.9 Å². The fourth-order valence-corrected chi connectivity index (χ4v) is 11.4. The van der Waals surface area contributed by atoms with E-state index < -0.39 is 94.5 Å². The van der Waals surface area contributed by atoms with Crippen LogP contribution in [0.3, 0.4) is 0 Å². The number of epoxide rings is 1. The maximum Gasteiger partial charge on any atom is 0.409 e. The molecule has 72 heavy (non-hydrogen) atoms. The average molecular weight is 1040 g/mol. The van der Waals surface area contributed by atoms with Crippen molar-refractivity contribution in [3.8, 4) is 0 Å². The lowest BCUT2D eigenvalue weighted by Gasteiger charge is -2.41. The highest BCUT2D eigenvalue weighted by Crippen LogP contribution is 2.49. The molecule has 0 aromatic heterocycles. The first-order valence-electron chi connectivity index (χ1n) is 24.8. The molecule has 19 nitrogen and oxygen atoms in total. The minimum absolute atomic E-state index is 0.0143. The largest absolute Gasteiger partial charge is 0.457 e. The molecule has 1 aliphatic carbocycles. The molecule has 394 valence electrons. The molecule has 6 amide bonds. The van der Waals surface area contributed by atoms with Crippen molar-refractivity contribution in [1.82, 2.24) is 15.3 Å². The number of halogens is 1. The number of esters is 1. The molecule has 9 atom stereocenters. The van der Waals surface area contributed by atoms with E-state index in [4.69, 9.17) is 40.1 Å². The molecular formula is C51H67ClN4O15S. The SMILES string of the molecule is C/C1=C\C=C\[C@@H](C)[C@@]2(O)CC(OC(=O)N2)[C@@H](C)[C@@H]2O[C@@]2(C)[C@@H](OC(=O)[C@H](C)OCCOCCSC2CC(=O)N(CC3CCC(C(=O)ON4C(=O)CCC4=O)CC3)C2=O)CC(=O)N(C)c2cc(cc(C)c2Cl)C1. The molecule has 2 unspecified atom stereocenters. The summed E-state index contributed by atoms with van der Waals surface area (Å²) in [5.41, 5.74) is 0.362. The number of aliphatic hydroxyl groups is 1. The Balaban J connectivity index is 0.893. The van der Waals surface area contributed by atoms with E-state index >= 15 is 0 Å². The van der Waals surface area contributed by atoms with Crippen molar-refractivity contribution in [3.05, 3.63) is 52.1 Å². The van der Waals surface area contributed by atoms with Crippen LogP contribution in [0.25, 0.3) is 0 Å². The zero-order valence-corrected chi connectivity index (χ0v) is 43.6. The number of hydrogen-bond donors (Lipinski definition) is 2. The summed E-state index contributed by atoms with van der Waals surface area (Å²) in [6.45, 7) is 11.4. The predicted molar refractivity (Wildman–Crippen MR) is 262 cm³/mol. The summed E-state index contributed by atoms with van der Waals surface area (Å²) in [5.74, 6) is -4.37. The van der Waals surface area contributed by atoms with Gasteiger partial charge in [0.1, 0.15) is 23.5 Å². The number of fused-ring (bicyclic) bond motifs is 5. The summed E-state index contributed by atoms with van der Waals surface area (Å²) in [7, 11) is 1.61. The number of carbonyl (C=O) groups is 8. The quantitative estimate of drug-likeness (QED) is 0.104. The fraction of sp³-hybridized carbons (Fsp3) is 0.647. The number of benzene rings is 1. The van der Waals surface area contributed by atoms with E-state index in [-0.39, 0.29) is 76.2 Å². The Morgan fingerprint density at radius 2 is 1.68 bits per heavy atom. The molecule has 1 saturated carbocycles. The molecule has 21 heteroatoms. The number of imide groups is 2. The lowest BCUT2D eigenvalue weighted by Crippen LogP contribution is -2.60. The maximum atomic E-state index is 14.2. The maximum absolute atomic E-state index is 14.2. The van der Waals surface area contributed by atoms with Crippen molar-refractivity contribution >= 4 is 76.6 Å². The lowest BCUT2D eigenvalue weighted by molar-refractivity contribution is -0.201. The van der Waals surface area contributed by atoms with Gasteiger partial charge in [0.2, 0.25) is 17.7 Å². The molecular weight excluding hydrogens is 976 g/mol. The Morgan fingerprint density at radius 3 is 2.39 bits per heavy atom. The number of anilines is 1. The highest BCUT2D eigenvalue weighted by atomic mass is 35.5. The summed E-state index contributed by atoms with van der Waals surface area (Å²) in [6, 6.07) is 3.82. The average Bonchev–Trinajstić information content (AvgIpc) is 3.84. The molecule has 5 aliphatic heterocycles. The molecule has 0 spiro atoms. The number of likely N-dealkylation sites (tertiary alicyclic amines) is 1. The Kier molecular flexibility index (Phi) is 17.6. The van der Waals surface area contributed by atoms with Gasteiger partial charge in [-0.1, -0.05) is 55.3 Å². The van der Waals surface area contributed by atoms with Crippen LogP contribution in [0, 0.1) is 30.6 Å². The van der Waals surface area contributed by atoms with Gasteiger partial charge in [-0.05, 0) is 82.9 Å². The Labute approximate surface area is 428 Å². The number of allylic oxidation sites excluding steroid dienone is 3. The van der Waals surface area contributed by atoms with Crippen molar-refractivity contribution in [2.75, 3.05) is 44.1 Å². The molecule has 4 bridgehead atoms. The van der Waals surface area contributed by atoms with Crippen LogP contribution in [0.2, 0.25) is 5.02 Å². The van der Waals surface area contributed by atoms with Gasteiger partial charge in [0.05, 0.1) is 54.2 Å². The van der Waals surface area contributed by atoms with Gasteiger partial charge in [-0.25, -0.2) is 14.4 Å². The summed E-state index contributed by atoms with van der Waals surface area (Å²) in [6.07, 6.45) is 3.71. The van der Waals surface area contributed by atoms with Crippen molar-refractivity contribution in [1.29, 1.82) is 0 Å². The first kappa shape index (κ1) is 54.9. The minimum Gasteiger partial charge on any atom is -0.457 e. The van der Waals surface area contributed by atoms with E-state index in [1.165, 1.54) is 28.5 Å². The predicted octanol–water partition coefficient (Wildman–Crippen LogP) is 5.28. The van der Waals surface area contributed by atoms with E-state index in [1.54, 1.807) is 14.0 Å². The molecule has 4 saturated heterocycles. The summed E-state index contributed by atoms with van der Waals surface area (Å²) < 4.78 is 29.6. The van der Waals surface area contributed by atoms with E-state index in [9.17, 15) is 43.5 Å². The zero-order chi connectivity index (χ0) is 52.2. The Bertz CT molecular complexity index is 2340. The number of nitrogens with one attached hydrogen (secondary N) is 1. The second-order valence-corrected chi connectivity index (χ2v) is 21.9. The number of ether oxygens (including phenoxy) is 5. The number of aryl methyl sites for hydroxylation is 1. The number of hydrogen-bond acceptors (Lipinski definition) is 16. The number of nitrogens with zero attached hydrogens (tertiary/aromatic N) is 3. The van der Waals surface area contributed by atoms with Crippen LogP contribution < -0.4 is 10.2 Å². The van der Waals surface area contributed by atoms with Crippen molar-refractivity contribution in [2.24, 2.45) is 23.7 Å². The molecule has 2 N–H and O–H groups in total. The third-order valence-corrected chi connectivity index (χ3v) is 16.5. The smallest absolute Gasteiger partial charge is 0.409 e. The second-order valence-electron chi connectivity index (χ2n) is 20.2. The van der Waals surface area contributed by atoms with Crippen LogP contribution in [-0.4, -0.2) is 143 Å². The topological polar surface area (TPSA) is 237 Å². The molecule has 5 fully saturated rings. The fourth-order valence-electron chi connectivity index (χ4n) is 10.1. The third kappa shape index (κ3) is 12.7. The van der Waals surface area contributed by atoms with Gasteiger partial charge in [-0.3, -0.25) is 34.2 Å². The molecule has 7 rings (SSSR count). The highest BCUT2D eigenvalue weighted by molar-refractivity contribution is 8.00. The Morgan fingerprint density at radius 1 is 0.972 bits per heavy atom. The second kappa shape index (κ2) is 23.1. The number of thioether (sulfide) groups is 1. The van der Waals surface area contributed by atoms with Gasteiger partial charge in [0, 0.05) is 56.9 Å². The zero-order valence-electron chi connectivity index (χ0n) is 42.0. The van der Waals surface area contributed by atoms with Gasteiger partial charge < -0.3 is 38.5 Å². The normalized spacial score (nSPS) is 32.9. The van der Waals surface area contributed by atoms with Gasteiger partial charge >= 0.3 is 18.0 Å². The number of hydroxylamine groups is 2. The van der Waals surface area contributed by atoms with Gasteiger partial charge in [0.15, 0.2) is 6.10 Å². The van der Waals surface area contributed by atoms with Crippen molar-refractivity contribution < 1.29 is 72.0 Å². The summed E-state index contributed by atoms with van der Waals surface area (Å²) >= 11 is 8.13. The van der Waals surface area contributed by atoms with E-state index in [2.05, 4.69) is 5.32 Å². The number of carbonyl (C=O) groups excluding carboxylic acids is 8. The van der Waals surface area contributed by atoms with Gasteiger partial charge in [0.25, 0.3) is 11.8 Å². The number of rotatable bonds is 14. The Hall–Kier alpha value is -4.86. The molecule has 5 heterocycles. The van der Waals surface area contributed by atoms with Crippen molar-refractivity contribution in [3.63, 3.8) is 0 Å². The van der Waals surface area contributed by atoms with E-state index in [0.717, 1.165) is 16.7 Å². The first-order valence-corrected chi connectivity index (χ1v) is 26.2. The van der Waals surface area contributed by atoms with Crippen LogP contribution in [0.5, 0.6) is 0 Å². The van der Waals surface area contributed by atoms with Crippen molar-refractivity contribution in [2.45, 2.75) is 147 Å². The molecule has 1 aromatic carbocycles. The number of alkyl carbamates (subject to hydrolysis) is 1. The third-order valence-electron chi connectivity index (χ3n) is 14.8. The molecule has 1 aromatic rings. The highest BCUT2D eigenvalue weighted by Gasteiger charge is 2.64.